The van der Waals surface area contributed by atoms with Gasteiger partial charge in [0.15, 0.2) is 0 Å². The van der Waals surface area contributed by atoms with Crippen molar-refractivity contribution < 1.29 is 0 Å². The first kappa shape index (κ1) is 28.8. The summed E-state index contributed by atoms with van der Waals surface area (Å²) in [5, 5.41) is 33.5. The Labute approximate surface area is 287 Å². The number of hydrogen-bond donors (Lipinski definition) is 0. The van der Waals surface area contributed by atoms with Crippen LogP contribution in [0.3, 0.4) is 0 Å². The van der Waals surface area contributed by atoms with Crippen LogP contribution in [0.25, 0.3) is 77.2 Å². The molecule has 0 radical (unpaired) electrons. The minimum atomic E-state index is 0.574. The van der Waals surface area contributed by atoms with Gasteiger partial charge >= 0.3 is 0 Å². The highest BCUT2D eigenvalue weighted by Crippen LogP contribution is 2.39. The summed E-state index contributed by atoms with van der Waals surface area (Å²) in [5.74, 6) is 0. The molecule has 5 nitrogen and oxygen atoms in total. The van der Waals surface area contributed by atoms with Crippen molar-refractivity contribution in [2.24, 2.45) is 0 Å². The molecule has 2 aromatic heterocycles. The summed E-state index contributed by atoms with van der Waals surface area (Å²) in [7, 11) is 0. The van der Waals surface area contributed by atoms with E-state index in [1.54, 1.807) is 0 Å². The number of nitriles is 3. The van der Waals surface area contributed by atoms with Crippen LogP contribution in [0.1, 0.15) is 16.7 Å². The fraction of sp³-hybridized carbons (Fsp3) is 0. The van der Waals surface area contributed by atoms with E-state index in [9.17, 15) is 15.8 Å². The lowest BCUT2D eigenvalue weighted by molar-refractivity contribution is 1.18. The molecule has 0 fully saturated rings. The predicted molar refractivity (Wildman–Crippen MR) is 200 cm³/mol. The van der Waals surface area contributed by atoms with Crippen LogP contribution in [-0.2, 0) is 0 Å². The molecule has 50 heavy (non-hydrogen) atoms. The molecule has 0 bridgehead atoms. The van der Waals surface area contributed by atoms with Gasteiger partial charge < -0.3 is 9.13 Å². The lowest BCUT2D eigenvalue weighted by Crippen LogP contribution is -1.98. The molecule has 0 amide bonds. The summed E-state index contributed by atoms with van der Waals surface area (Å²) in [5.41, 5.74) is 11.9. The van der Waals surface area contributed by atoms with Crippen molar-refractivity contribution in [3.8, 4) is 51.8 Å². The highest BCUT2D eigenvalue weighted by Gasteiger charge is 2.19. The highest BCUT2D eigenvalue weighted by molar-refractivity contribution is 6.12. The first-order chi connectivity index (χ1) is 24.7. The van der Waals surface area contributed by atoms with Crippen molar-refractivity contribution >= 4 is 43.6 Å². The zero-order chi connectivity index (χ0) is 33.8. The van der Waals surface area contributed by atoms with E-state index in [-0.39, 0.29) is 0 Å². The molecular formula is C45H25N5. The van der Waals surface area contributed by atoms with Gasteiger partial charge in [0, 0.05) is 32.8 Å². The number of benzene rings is 7. The highest BCUT2D eigenvalue weighted by atomic mass is 15.0. The molecular weight excluding hydrogens is 611 g/mol. The van der Waals surface area contributed by atoms with E-state index >= 15 is 0 Å². The molecule has 0 saturated carbocycles. The Morgan fingerprint density at radius 2 is 1.04 bits per heavy atom. The van der Waals surface area contributed by atoms with Gasteiger partial charge in [0.05, 0.1) is 62.7 Å². The summed E-state index contributed by atoms with van der Waals surface area (Å²) < 4.78 is 4.45. The Hall–Kier alpha value is -7.39. The maximum Gasteiger partial charge on any atom is 0.0998 e. The van der Waals surface area contributed by atoms with E-state index in [0.717, 1.165) is 77.2 Å². The fourth-order valence-electron chi connectivity index (χ4n) is 7.39. The Kier molecular flexibility index (Phi) is 6.56. The Morgan fingerprint density at radius 1 is 0.400 bits per heavy atom. The number of para-hydroxylation sites is 2. The Balaban J connectivity index is 1.18. The Bertz CT molecular complexity index is 2960. The van der Waals surface area contributed by atoms with Gasteiger partial charge in [0.1, 0.15) is 0 Å². The van der Waals surface area contributed by atoms with Crippen molar-refractivity contribution in [3.05, 3.63) is 168 Å². The van der Waals surface area contributed by atoms with Crippen LogP contribution in [0.15, 0.2) is 152 Å². The predicted octanol–water partition coefficient (Wildman–Crippen LogP) is 10.8. The van der Waals surface area contributed by atoms with E-state index in [0.29, 0.717) is 16.7 Å². The molecule has 9 rings (SSSR count). The maximum atomic E-state index is 9.99. The van der Waals surface area contributed by atoms with Crippen molar-refractivity contribution in [1.29, 1.82) is 15.8 Å². The summed E-state index contributed by atoms with van der Waals surface area (Å²) in [6.45, 7) is 0. The van der Waals surface area contributed by atoms with Gasteiger partial charge in [-0.15, -0.1) is 0 Å². The quantitative estimate of drug-likeness (QED) is 0.193. The smallest absolute Gasteiger partial charge is 0.0998 e. The van der Waals surface area contributed by atoms with Gasteiger partial charge in [-0.1, -0.05) is 72.8 Å². The number of aromatic nitrogens is 2. The zero-order valence-electron chi connectivity index (χ0n) is 26.7. The van der Waals surface area contributed by atoms with E-state index in [2.05, 4.69) is 106 Å². The molecule has 0 unspecified atom stereocenters. The maximum absolute atomic E-state index is 9.99. The second kappa shape index (κ2) is 11.4. The topological polar surface area (TPSA) is 81.2 Å². The van der Waals surface area contributed by atoms with Crippen LogP contribution in [0, 0.1) is 34.0 Å². The standard InChI is InChI=1S/C45H25N5/c46-26-29-15-21-42(50-41-13-4-2-11-37(41)45-34(28-48)9-6-14-44(45)50)38(23-29)33-8-5-7-32(25-33)31-17-19-35(20-18-31)49-40-12-3-1-10-36(40)39-24-30(27-47)16-22-43(39)49/h1-25H. The first-order valence-corrected chi connectivity index (χ1v) is 16.3. The van der Waals surface area contributed by atoms with Crippen molar-refractivity contribution in [1.82, 2.24) is 9.13 Å². The third-order valence-corrected chi connectivity index (χ3v) is 9.62. The molecule has 5 heteroatoms. The van der Waals surface area contributed by atoms with Gasteiger partial charge in [-0.3, -0.25) is 0 Å². The van der Waals surface area contributed by atoms with Crippen LogP contribution in [0.2, 0.25) is 0 Å². The van der Waals surface area contributed by atoms with Crippen LogP contribution in [0.4, 0.5) is 0 Å². The summed E-state index contributed by atoms with van der Waals surface area (Å²) in [4.78, 5) is 0. The fourth-order valence-corrected chi connectivity index (χ4v) is 7.39. The molecule has 230 valence electrons. The van der Waals surface area contributed by atoms with E-state index < -0.39 is 0 Å². The SMILES string of the molecule is N#Cc1ccc(-n2c3ccccc3c3c(C#N)cccc32)c(-c2cccc(-c3ccc(-n4c5ccccc5c5cc(C#N)ccc54)cc3)c2)c1. The molecule has 0 aliphatic carbocycles. The van der Waals surface area contributed by atoms with E-state index in [1.807, 2.05) is 72.8 Å². The van der Waals surface area contributed by atoms with Crippen molar-refractivity contribution in [2.75, 3.05) is 0 Å². The van der Waals surface area contributed by atoms with Crippen LogP contribution >= 0.6 is 0 Å². The second-order valence-corrected chi connectivity index (χ2v) is 12.3. The Morgan fingerprint density at radius 3 is 1.82 bits per heavy atom. The van der Waals surface area contributed by atoms with Gasteiger partial charge in [0.25, 0.3) is 0 Å². The molecule has 0 aliphatic heterocycles. The van der Waals surface area contributed by atoms with Crippen LogP contribution < -0.4 is 0 Å². The number of fused-ring (bicyclic) bond motifs is 6. The monoisotopic (exact) mass is 635 g/mol. The lowest BCUT2D eigenvalue weighted by Gasteiger charge is -2.16. The van der Waals surface area contributed by atoms with Crippen molar-refractivity contribution in [2.45, 2.75) is 0 Å². The number of hydrogen-bond acceptors (Lipinski definition) is 3. The summed E-state index contributed by atoms with van der Waals surface area (Å²) >= 11 is 0. The number of rotatable bonds is 4. The molecule has 2 heterocycles. The van der Waals surface area contributed by atoms with Crippen molar-refractivity contribution in [3.63, 3.8) is 0 Å². The summed E-state index contributed by atoms with van der Waals surface area (Å²) in [6.07, 6.45) is 0. The second-order valence-electron chi connectivity index (χ2n) is 12.3. The van der Waals surface area contributed by atoms with E-state index in [4.69, 9.17) is 0 Å². The zero-order valence-corrected chi connectivity index (χ0v) is 26.7. The third-order valence-electron chi connectivity index (χ3n) is 9.62. The van der Waals surface area contributed by atoms with Gasteiger partial charge in [-0.05, 0) is 95.6 Å². The lowest BCUT2D eigenvalue weighted by atomic mass is 9.96. The van der Waals surface area contributed by atoms with Gasteiger partial charge in [0.2, 0.25) is 0 Å². The molecule has 0 spiro atoms. The van der Waals surface area contributed by atoms with Crippen LogP contribution in [0.5, 0.6) is 0 Å². The summed E-state index contributed by atoms with van der Waals surface area (Å²) in [6, 6.07) is 57.9. The molecule has 7 aromatic carbocycles. The minimum absolute atomic E-state index is 0.574. The molecule has 0 saturated heterocycles. The van der Waals surface area contributed by atoms with Gasteiger partial charge in [-0.25, -0.2) is 0 Å². The average molecular weight is 636 g/mol. The van der Waals surface area contributed by atoms with Gasteiger partial charge in [-0.2, -0.15) is 15.8 Å². The molecule has 9 aromatic rings. The first-order valence-electron chi connectivity index (χ1n) is 16.3. The molecule has 0 N–H and O–H groups in total. The molecule has 0 aliphatic rings. The van der Waals surface area contributed by atoms with Crippen LogP contribution in [-0.4, -0.2) is 9.13 Å². The third kappa shape index (κ3) is 4.38. The normalized spacial score (nSPS) is 11.1. The number of nitrogens with zero attached hydrogens (tertiary/aromatic N) is 5. The average Bonchev–Trinajstić information content (AvgIpc) is 3.70. The minimum Gasteiger partial charge on any atom is -0.309 e. The molecule has 0 atom stereocenters. The van der Waals surface area contributed by atoms with E-state index in [1.165, 1.54) is 0 Å². The largest absolute Gasteiger partial charge is 0.309 e.